The molecular weight excluding hydrogens is 234 g/mol. The van der Waals surface area contributed by atoms with Crippen LogP contribution in [0.15, 0.2) is 30.5 Å². The molecule has 3 heteroatoms. The fourth-order valence-corrected chi connectivity index (χ4v) is 2.88. The largest absolute Gasteiger partial charge is 0.361 e. The highest BCUT2D eigenvalue weighted by atomic mass is 15.1. The molecule has 1 fully saturated rings. The Kier molecular flexibility index (Phi) is 4.16. The van der Waals surface area contributed by atoms with Gasteiger partial charge in [-0.25, -0.2) is 0 Å². The van der Waals surface area contributed by atoms with Crippen molar-refractivity contribution in [3.05, 3.63) is 36.0 Å². The highest BCUT2D eigenvalue weighted by Crippen LogP contribution is 2.14. The lowest BCUT2D eigenvalue weighted by atomic mass is 10.1. The van der Waals surface area contributed by atoms with Crippen LogP contribution in [0.4, 0.5) is 0 Å². The summed E-state index contributed by atoms with van der Waals surface area (Å²) >= 11 is 0. The monoisotopic (exact) mass is 257 g/mol. The maximum absolute atomic E-state index is 3.55. The van der Waals surface area contributed by atoms with E-state index in [1.165, 1.54) is 55.4 Å². The minimum Gasteiger partial charge on any atom is -0.361 e. The fraction of sp³-hybridized carbons (Fsp3) is 0.500. The Bertz CT molecular complexity index is 511. The maximum Gasteiger partial charge on any atom is 0.0454 e. The predicted octanol–water partition coefficient (Wildman–Crippen LogP) is 2.74. The zero-order valence-electron chi connectivity index (χ0n) is 11.5. The van der Waals surface area contributed by atoms with E-state index in [4.69, 9.17) is 0 Å². The molecule has 0 atom stereocenters. The minimum absolute atomic E-state index is 0.973. The van der Waals surface area contributed by atoms with Gasteiger partial charge >= 0.3 is 0 Å². The van der Waals surface area contributed by atoms with Crippen LogP contribution in [0.1, 0.15) is 24.8 Å². The van der Waals surface area contributed by atoms with Crippen LogP contribution in [0.3, 0.4) is 0 Å². The van der Waals surface area contributed by atoms with E-state index in [9.17, 15) is 0 Å². The van der Waals surface area contributed by atoms with Gasteiger partial charge in [0.2, 0.25) is 0 Å². The molecule has 1 aromatic carbocycles. The van der Waals surface area contributed by atoms with Crippen molar-refractivity contribution in [1.82, 2.24) is 15.2 Å². The van der Waals surface area contributed by atoms with Crippen LogP contribution in [0.2, 0.25) is 0 Å². The van der Waals surface area contributed by atoms with Crippen molar-refractivity contribution >= 4 is 10.9 Å². The van der Waals surface area contributed by atoms with E-state index in [-0.39, 0.29) is 0 Å². The topological polar surface area (TPSA) is 31.1 Å². The molecule has 1 aromatic heterocycles. The van der Waals surface area contributed by atoms with E-state index in [0.717, 1.165) is 13.1 Å². The quantitative estimate of drug-likeness (QED) is 0.780. The third kappa shape index (κ3) is 3.37. The summed E-state index contributed by atoms with van der Waals surface area (Å²) in [6, 6.07) is 8.76. The van der Waals surface area contributed by atoms with Gasteiger partial charge in [-0.2, -0.15) is 0 Å². The van der Waals surface area contributed by atoms with E-state index in [1.807, 2.05) is 6.20 Å². The van der Waals surface area contributed by atoms with Crippen LogP contribution in [0, 0.1) is 0 Å². The van der Waals surface area contributed by atoms with Gasteiger partial charge in [-0.1, -0.05) is 6.07 Å². The second-order valence-electron chi connectivity index (χ2n) is 5.48. The molecule has 2 N–H and O–H groups in total. The normalized spacial score (nSPS) is 16.4. The first kappa shape index (κ1) is 12.7. The Morgan fingerprint density at radius 2 is 2.05 bits per heavy atom. The van der Waals surface area contributed by atoms with Crippen LogP contribution in [0.5, 0.6) is 0 Å². The Morgan fingerprint density at radius 1 is 1.16 bits per heavy atom. The Labute approximate surface area is 115 Å². The van der Waals surface area contributed by atoms with E-state index in [0.29, 0.717) is 0 Å². The number of rotatable bonds is 6. The average molecular weight is 257 g/mol. The summed E-state index contributed by atoms with van der Waals surface area (Å²) in [4.78, 5) is 5.81. The standard InChI is InChI=1S/C16H23N3/c1-2-10-19(9-1)11-3-7-17-13-14-4-5-16-15(12-14)6-8-18-16/h4-6,8,12,17-18H,1-3,7,9-11,13H2. The number of benzene rings is 1. The van der Waals surface area contributed by atoms with Gasteiger partial charge in [-0.05, 0) is 74.6 Å². The minimum atomic E-state index is 0.973. The summed E-state index contributed by atoms with van der Waals surface area (Å²) in [6.45, 7) is 5.96. The molecule has 102 valence electrons. The summed E-state index contributed by atoms with van der Waals surface area (Å²) < 4.78 is 0. The molecule has 1 aliphatic heterocycles. The molecule has 0 spiro atoms. The third-order valence-corrected chi connectivity index (χ3v) is 3.97. The molecule has 19 heavy (non-hydrogen) atoms. The second-order valence-corrected chi connectivity index (χ2v) is 5.48. The first-order chi connectivity index (χ1) is 9.42. The lowest BCUT2D eigenvalue weighted by molar-refractivity contribution is 0.331. The number of aromatic amines is 1. The zero-order chi connectivity index (χ0) is 12.9. The number of nitrogens with one attached hydrogen (secondary N) is 2. The lowest BCUT2D eigenvalue weighted by Crippen LogP contribution is -2.24. The van der Waals surface area contributed by atoms with Crippen LogP contribution in [-0.4, -0.2) is 36.1 Å². The molecule has 3 rings (SSSR count). The van der Waals surface area contributed by atoms with Crippen molar-refractivity contribution in [1.29, 1.82) is 0 Å². The Morgan fingerprint density at radius 3 is 2.95 bits per heavy atom. The number of H-pyrrole nitrogens is 1. The SMILES string of the molecule is c1cc2cc(CNCCCN3CCCC3)ccc2[nH]1. The highest BCUT2D eigenvalue weighted by Gasteiger charge is 2.09. The molecule has 0 saturated carbocycles. The number of aromatic nitrogens is 1. The zero-order valence-corrected chi connectivity index (χ0v) is 11.5. The van der Waals surface area contributed by atoms with E-state index in [2.05, 4.69) is 39.5 Å². The first-order valence-electron chi connectivity index (χ1n) is 7.41. The summed E-state index contributed by atoms with van der Waals surface area (Å²) in [5, 5.41) is 4.85. The van der Waals surface area contributed by atoms with E-state index >= 15 is 0 Å². The van der Waals surface area contributed by atoms with Gasteiger partial charge in [0, 0.05) is 18.3 Å². The molecular formula is C16H23N3. The molecule has 0 unspecified atom stereocenters. The number of nitrogens with zero attached hydrogens (tertiary/aromatic N) is 1. The van der Waals surface area contributed by atoms with Crippen molar-refractivity contribution in [2.45, 2.75) is 25.8 Å². The van der Waals surface area contributed by atoms with Gasteiger partial charge in [-0.15, -0.1) is 0 Å². The Balaban J connectivity index is 1.39. The fourth-order valence-electron chi connectivity index (χ4n) is 2.88. The summed E-state index contributed by atoms with van der Waals surface area (Å²) in [6.07, 6.45) is 6.04. The van der Waals surface area contributed by atoms with Crippen molar-refractivity contribution in [2.24, 2.45) is 0 Å². The smallest absolute Gasteiger partial charge is 0.0454 e. The lowest BCUT2D eigenvalue weighted by Gasteiger charge is -2.14. The van der Waals surface area contributed by atoms with Gasteiger partial charge < -0.3 is 15.2 Å². The van der Waals surface area contributed by atoms with Crippen molar-refractivity contribution in [3.8, 4) is 0 Å². The van der Waals surface area contributed by atoms with Gasteiger partial charge in [0.25, 0.3) is 0 Å². The van der Waals surface area contributed by atoms with Crippen molar-refractivity contribution in [3.63, 3.8) is 0 Å². The maximum atomic E-state index is 3.55. The predicted molar refractivity (Wildman–Crippen MR) is 80.3 cm³/mol. The van der Waals surface area contributed by atoms with E-state index in [1.54, 1.807) is 0 Å². The van der Waals surface area contributed by atoms with Crippen LogP contribution < -0.4 is 5.32 Å². The van der Waals surface area contributed by atoms with Crippen molar-refractivity contribution in [2.75, 3.05) is 26.2 Å². The first-order valence-corrected chi connectivity index (χ1v) is 7.41. The Hall–Kier alpha value is -1.32. The number of fused-ring (bicyclic) bond motifs is 1. The van der Waals surface area contributed by atoms with Gasteiger partial charge in [0.1, 0.15) is 0 Å². The molecule has 2 heterocycles. The number of hydrogen-bond donors (Lipinski definition) is 2. The summed E-state index contributed by atoms with van der Waals surface area (Å²) in [5.74, 6) is 0. The molecule has 0 aliphatic carbocycles. The van der Waals surface area contributed by atoms with E-state index < -0.39 is 0 Å². The molecule has 0 amide bonds. The average Bonchev–Trinajstić information content (AvgIpc) is 3.08. The molecule has 1 aliphatic rings. The highest BCUT2D eigenvalue weighted by molar-refractivity contribution is 5.79. The summed E-state index contributed by atoms with van der Waals surface area (Å²) in [7, 11) is 0. The van der Waals surface area contributed by atoms with Crippen molar-refractivity contribution < 1.29 is 0 Å². The molecule has 0 radical (unpaired) electrons. The van der Waals surface area contributed by atoms with Crippen LogP contribution >= 0.6 is 0 Å². The molecule has 0 bridgehead atoms. The molecule has 2 aromatic rings. The van der Waals surface area contributed by atoms with Gasteiger partial charge in [0.05, 0.1) is 0 Å². The number of hydrogen-bond acceptors (Lipinski definition) is 2. The number of likely N-dealkylation sites (tertiary alicyclic amines) is 1. The summed E-state index contributed by atoms with van der Waals surface area (Å²) in [5.41, 5.74) is 2.59. The second kappa shape index (κ2) is 6.22. The van der Waals surface area contributed by atoms with Gasteiger partial charge in [0.15, 0.2) is 0 Å². The van der Waals surface area contributed by atoms with Crippen LogP contribution in [-0.2, 0) is 6.54 Å². The van der Waals surface area contributed by atoms with Crippen LogP contribution in [0.25, 0.3) is 10.9 Å². The molecule has 3 nitrogen and oxygen atoms in total. The van der Waals surface area contributed by atoms with Gasteiger partial charge in [-0.3, -0.25) is 0 Å². The molecule has 1 saturated heterocycles. The third-order valence-electron chi connectivity index (χ3n) is 3.97.